The average molecular weight is 240 g/mol. The Bertz CT molecular complexity index is 684. The van der Waals surface area contributed by atoms with Crippen molar-refractivity contribution in [1.82, 2.24) is 15.0 Å². The summed E-state index contributed by atoms with van der Waals surface area (Å²) in [7, 11) is 0. The highest BCUT2D eigenvalue weighted by Gasteiger charge is 2.10. The molecule has 0 aliphatic carbocycles. The van der Waals surface area contributed by atoms with Crippen molar-refractivity contribution in [2.45, 2.75) is 0 Å². The van der Waals surface area contributed by atoms with Crippen LogP contribution in [0.5, 0.6) is 0 Å². The second-order valence-corrected chi connectivity index (χ2v) is 3.83. The Hall–Kier alpha value is -2.76. The number of imidazole rings is 1. The SMILES string of the molecule is N[N+](=O)c1ccc(-c2nc3ncccc3[nH]2)cc1. The lowest BCUT2D eigenvalue weighted by Gasteiger charge is -1.94. The van der Waals surface area contributed by atoms with Crippen LogP contribution in [0, 0.1) is 4.91 Å². The van der Waals surface area contributed by atoms with Gasteiger partial charge in [0.05, 0.1) is 10.4 Å². The van der Waals surface area contributed by atoms with E-state index in [0.29, 0.717) is 22.0 Å². The van der Waals surface area contributed by atoms with Crippen LogP contribution >= 0.6 is 0 Å². The van der Waals surface area contributed by atoms with Crippen LogP contribution in [0.4, 0.5) is 5.69 Å². The molecule has 0 saturated carbocycles. The van der Waals surface area contributed by atoms with Gasteiger partial charge in [0.1, 0.15) is 5.82 Å². The predicted octanol–water partition coefficient (Wildman–Crippen LogP) is 1.91. The van der Waals surface area contributed by atoms with Crippen molar-refractivity contribution in [2.75, 3.05) is 0 Å². The zero-order valence-corrected chi connectivity index (χ0v) is 9.37. The van der Waals surface area contributed by atoms with Gasteiger partial charge in [0.15, 0.2) is 10.5 Å². The molecule has 0 amide bonds. The number of hydrogen-bond donors (Lipinski definition) is 2. The van der Waals surface area contributed by atoms with Gasteiger partial charge in [-0.15, -0.1) is 0 Å². The summed E-state index contributed by atoms with van der Waals surface area (Å²) in [6.07, 6.45) is 1.69. The van der Waals surface area contributed by atoms with E-state index in [1.807, 2.05) is 12.1 Å². The summed E-state index contributed by atoms with van der Waals surface area (Å²) in [5.41, 5.74) is 2.81. The molecule has 2 aromatic heterocycles. The molecule has 6 nitrogen and oxygen atoms in total. The third kappa shape index (κ3) is 1.69. The van der Waals surface area contributed by atoms with Crippen LogP contribution in [0.15, 0.2) is 42.6 Å². The first-order valence-electron chi connectivity index (χ1n) is 5.37. The summed E-state index contributed by atoms with van der Waals surface area (Å²) in [6.45, 7) is 0. The zero-order valence-electron chi connectivity index (χ0n) is 9.37. The standard InChI is InChI=1S/C12H10N5O/c13-17(18)9-5-3-8(4-6-9)11-15-10-2-1-7-14-12(10)16-11/h1-7H,(H2,13,18)(H,14,15,16)/q+1. The van der Waals surface area contributed by atoms with Crippen LogP contribution in [-0.4, -0.2) is 19.8 Å². The van der Waals surface area contributed by atoms with Crippen LogP contribution in [0.2, 0.25) is 0 Å². The van der Waals surface area contributed by atoms with Gasteiger partial charge in [-0.1, -0.05) is 0 Å². The molecular weight excluding hydrogens is 230 g/mol. The maximum Gasteiger partial charge on any atom is 0.291 e. The van der Waals surface area contributed by atoms with Crippen molar-refractivity contribution in [3.8, 4) is 11.4 Å². The Morgan fingerprint density at radius 3 is 2.61 bits per heavy atom. The number of pyridine rings is 1. The molecule has 0 fully saturated rings. The van der Waals surface area contributed by atoms with Crippen LogP contribution in [-0.2, 0) is 0 Å². The molecule has 0 unspecified atom stereocenters. The topological polar surface area (TPSA) is 87.7 Å². The van der Waals surface area contributed by atoms with Crippen molar-refractivity contribution in [2.24, 2.45) is 5.84 Å². The number of nitrogens with two attached hydrogens (primary N) is 1. The van der Waals surface area contributed by atoms with E-state index in [1.54, 1.807) is 30.5 Å². The van der Waals surface area contributed by atoms with E-state index in [2.05, 4.69) is 15.0 Å². The fraction of sp³-hybridized carbons (Fsp3) is 0. The number of fused-ring (bicyclic) bond motifs is 1. The van der Waals surface area contributed by atoms with Crippen LogP contribution < -0.4 is 5.84 Å². The second kappa shape index (κ2) is 3.92. The molecule has 6 heteroatoms. The Kier molecular flexibility index (Phi) is 2.26. The van der Waals surface area contributed by atoms with Gasteiger partial charge in [-0.3, -0.25) is 0 Å². The van der Waals surface area contributed by atoms with Crippen molar-refractivity contribution in [3.63, 3.8) is 0 Å². The third-order valence-corrected chi connectivity index (χ3v) is 2.65. The molecule has 0 bridgehead atoms. The summed E-state index contributed by atoms with van der Waals surface area (Å²) < 4.78 is 0. The maximum absolute atomic E-state index is 10.9. The van der Waals surface area contributed by atoms with Crippen molar-refractivity contribution in [1.29, 1.82) is 0 Å². The van der Waals surface area contributed by atoms with Gasteiger partial charge in [0.25, 0.3) is 5.69 Å². The fourth-order valence-corrected chi connectivity index (χ4v) is 1.75. The zero-order chi connectivity index (χ0) is 12.5. The summed E-state index contributed by atoms with van der Waals surface area (Å²) in [4.78, 5) is 22.9. The van der Waals surface area contributed by atoms with E-state index in [-0.39, 0.29) is 0 Å². The molecule has 2 heterocycles. The molecule has 1 aromatic carbocycles. The number of H-pyrrole nitrogens is 1. The van der Waals surface area contributed by atoms with Crippen LogP contribution in [0.25, 0.3) is 22.6 Å². The number of hydrazine groups is 1. The Labute approximate surface area is 102 Å². The number of nitroso groups, excluding NO2 is 1. The van der Waals surface area contributed by atoms with Crippen molar-refractivity contribution < 1.29 is 4.87 Å². The third-order valence-electron chi connectivity index (χ3n) is 2.65. The largest absolute Gasteiger partial charge is 0.337 e. The normalized spacial score (nSPS) is 10.7. The first-order valence-corrected chi connectivity index (χ1v) is 5.37. The summed E-state index contributed by atoms with van der Waals surface area (Å²) in [5.74, 6) is 5.82. The number of hydrogen-bond acceptors (Lipinski definition) is 3. The number of rotatable bonds is 2. The molecule has 0 radical (unpaired) electrons. The highest BCUT2D eigenvalue weighted by Crippen LogP contribution is 2.21. The van der Waals surface area contributed by atoms with Gasteiger partial charge in [0.2, 0.25) is 0 Å². The van der Waals surface area contributed by atoms with E-state index < -0.39 is 0 Å². The molecule has 0 atom stereocenters. The smallest absolute Gasteiger partial charge is 0.291 e. The molecule has 0 saturated heterocycles. The second-order valence-electron chi connectivity index (χ2n) is 3.83. The molecule has 88 valence electrons. The number of benzene rings is 1. The Balaban J connectivity index is 2.06. The van der Waals surface area contributed by atoms with E-state index in [0.717, 1.165) is 11.1 Å². The van der Waals surface area contributed by atoms with Gasteiger partial charge in [-0.25, -0.2) is 9.97 Å². The summed E-state index contributed by atoms with van der Waals surface area (Å²) in [5, 5.41) is 0. The van der Waals surface area contributed by atoms with Crippen molar-refractivity contribution in [3.05, 3.63) is 47.5 Å². The quantitative estimate of drug-likeness (QED) is 0.407. The van der Waals surface area contributed by atoms with Crippen LogP contribution in [0.1, 0.15) is 0 Å². The lowest BCUT2D eigenvalue weighted by atomic mass is 10.2. The van der Waals surface area contributed by atoms with Gasteiger partial charge in [-0.05, 0) is 24.3 Å². The van der Waals surface area contributed by atoms with Gasteiger partial charge >= 0.3 is 0 Å². The highest BCUT2D eigenvalue weighted by atomic mass is 16.3. The lowest BCUT2D eigenvalue weighted by molar-refractivity contribution is -0.474. The first kappa shape index (κ1) is 10.4. The van der Waals surface area contributed by atoms with Crippen molar-refractivity contribution >= 4 is 16.9 Å². The van der Waals surface area contributed by atoms with Gasteiger partial charge in [0, 0.05) is 23.9 Å². The number of aromatic amines is 1. The van der Waals surface area contributed by atoms with Crippen LogP contribution in [0.3, 0.4) is 0 Å². The molecule has 0 aliphatic heterocycles. The highest BCUT2D eigenvalue weighted by molar-refractivity contribution is 5.75. The summed E-state index contributed by atoms with van der Waals surface area (Å²) in [6, 6.07) is 10.6. The maximum atomic E-state index is 10.9. The monoisotopic (exact) mass is 240 g/mol. The molecule has 3 N–H and O–H groups in total. The molecule has 3 aromatic rings. The van der Waals surface area contributed by atoms with E-state index in [1.165, 1.54) is 0 Å². The van der Waals surface area contributed by atoms with E-state index in [4.69, 9.17) is 5.84 Å². The molecular formula is C12H10N5O+. The Morgan fingerprint density at radius 1 is 1.17 bits per heavy atom. The number of nitrogens with zero attached hydrogens (tertiary/aromatic N) is 3. The first-order chi connectivity index (χ1) is 8.74. The van der Waals surface area contributed by atoms with Gasteiger partial charge in [-0.2, -0.15) is 5.84 Å². The van der Waals surface area contributed by atoms with E-state index >= 15 is 0 Å². The lowest BCUT2D eigenvalue weighted by Crippen LogP contribution is -2.08. The minimum atomic E-state index is 0.323. The van der Waals surface area contributed by atoms with Gasteiger partial charge < -0.3 is 4.98 Å². The molecule has 0 spiro atoms. The molecule has 0 aliphatic rings. The molecule has 18 heavy (non-hydrogen) atoms. The summed E-state index contributed by atoms with van der Waals surface area (Å²) >= 11 is 0. The Morgan fingerprint density at radius 2 is 1.94 bits per heavy atom. The average Bonchev–Trinajstić information content (AvgIpc) is 2.82. The predicted molar refractivity (Wildman–Crippen MR) is 66.8 cm³/mol. The fourth-order valence-electron chi connectivity index (χ4n) is 1.75. The number of nitrogens with one attached hydrogen (secondary N) is 1. The number of aromatic nitrogens is 3. The minimum absolute atomic E-state index is 0.323. The van der Waals surface area contributed by atoms with E-state index in [9.17, 15) is 4.91 Å². The minimum Gasteiger partial charge on any atom is -0.337 e. The molecule has 3 rings (SSSR count).